The van der Waals surface area contributed by atoms with E-state index in [1.165, 1.54) is 29.5 Å². The van der Waals surface area contributed by atoms with Crippen molar-refractivity contribution >= 4 is 5.91 Å². The minimum Gasteiger partial charge on any atom is -0.493 e. The van der Waals surface area contributed by atoms with Gasteiger partial charge in [0.25, 0.3) is 0 Å². The monoisotopic (exact) mass is 393 g/mol. The summed E-state index contributed by atoms with van der Waals surface area (Å²) in [6, 6.07) is 14.7. The first-order valence-electron chi connectivity index (χ1n) is 10.8. The Morgan fingerprint density at radius 2 is 1.90 bits per heavy atom. The smallest absolute Gasteiger partial charge is 0.223 e. The highest BCUT2D eigenvalue weighted by Crippen LogP contribution is 2.37. The molecule has 0 spiro atoms. The number of ether oxygens (including phenoxy) is 2. The van der Waals surface area contributed by atoms with Crippen molar-refractivity contribution in [2.75, 3.05) is 13.7 Å². The quantitative estimate of drug-likeness (QED) is 0.768. The number of hydrogen-bond acceptors (Lipinski definition) is 3. The number of carbonyl (C=O) groups excluding carboxylic acids is 1. The Labute approximate surface area is 173 Å². The van der Waals surface area contributed by atoms with Crippen molar-refractivity contribution in [3.63, 3.8) is 0 Å². The highest BCUT2D eigenvalue weighted by atomic mass is 16.5. The molecular weight excluding hydrogens is 362 g/mol. The summed E-state index contributed by atoms with van der Waals surface area (Å²) in [6.45, 7) is 2.77. The molecule has 4 heteroatoms. The molecule has 1 heterocycles. The van der Waals surface area contributed by atoms with E-state index in [1.807, 2.05) is 6.07 Å². The molecule has 0 radical (unpaired) electrons. The zero-order valence-corrected chi connectivity index (χ0v) is 17.4. The molecule has 2 aromatic rings. The van der Waals surface area contributed by atoms with Crippen LogP contribution >= 0.6 is 0 Å². The SMILES string of the molecule is COc1ccc([C@H]2CNC(=O)C(Cc3cccc(C)c3)C2)cc1OC1CCCC1. The van der Waals surface area contributed by atoms with Gasteiger partial charge in [-0.3, -0.25) is 4.79 Å². The van der Waals surface area contributed by atoms with E-state index in [1.54, 1.807) is 7.11 Å². The normalized spacial score (nSPS) is 22.3. The molecule has 1 amide bonds. The number of piperidine rings is 1. The van der Waals surface area contributed by atoms with Crippen molar-refractivity contribution in [1.82, 2.24) is 5.32 Å². The van der Waals surface area contributed by atoms with Gasteiger partial charge in [0, 0.05) is 18.4 Å². The van der Waals surface area contributed by atoms with Gasteiger partial charge in [-0.05, 0) is 68.7 Å². The van der Waals surface area contributed by atoms with Crippen LogP contribution in [-0.4, -0.2) is 25.7 Å². The maximum absolute atomic E-state index is 12.5. The van der Waals surface area contributed by atoms with E-state index in [0.717, 1.165) is 37.2 Å². The standard InChI is InChI=1S/C25H31NO3/c1-17-6-5-7-18(12-17)13-20-14-21(16-26-25(20)27)19-10-11-23(28-2)24(15-19)29-22-8-3-4-9-22/h5-7,10-12,15,20-22H,3-4,8-9,13-14,16H2,1-2H3,(H,26,27)/t20?,21-/m1/s1. The van der Waals surface area contributed by atoms with Gasteiger partial charge in [-0.1, -0.05) is 35.9 Å². The molecule has 1 saturated carbocycles. The molecule has 1 saturated heterocycles. The van der Waals surface area contributed by atoms with Gasteiger partial charge < -0.3 is 14.8 Å². The van der Waals surface area contributed by atoms with Crippen LogP contribution in [-0.2, 0) is 11.2 Å². The summed E-state index contributed by atoms with van der Waals surface area (Å²) in [5.74, 6) is 2.08. The fourth-order valence-corrected chi connectivity index (χ4v) is 4.68. The molecule has 2 atom stereocenters. The summed E-state index contributed by atoms with van der Waals surface area (Å²) >= 11 is 0. The molecule has 4 rings (SSSR count). The Hall–Kier alpha value is -2.49. The summed E-state index contributed by atoms with van der Waals surface area (Å²) in [4.78, 5) is 12.5. The molecule has 1 N–H and O–H groups in total. The highest BCUT2D eigenvalue weighted by Gasteiger charge is 2.30. The van der Waals surface area contributed by atoms with Gasteiger partial charge in [-0.25, -0.2) is 0 Å². The summed E-state index contributed by atoms with van der Waals surface area (Å²) in [6.07, 6.45) is 6.64. The first-order chi connectivity index (χ1) is 14.1. The van der Waals surface area contributed by atoms with Crippen LogP contribution in [0.15, 0.2) is 42.5 Å². The maximum atomic E-state index is 12.5. The van der Waals surface area contributed by atoms with Gasteiger partial charge >= 0.3 is 0 Å². The van der Waals surface area contributed by atoms with Crippen LogP contribution in [0, 0.1) is 12.8 Å². The molecule has 0 aromatic heterocycles. The Morgan fingerprint density at radius 3 is 2.66 bits per heavy atom. The van der Waals surface area contributed by atoms with E-state index in [9.17, 15) is 4.79 Å². The van der Waals surface area contributed by atoms with Crippen LogP contribution in [0.4, 0.5) is 0 Å². The topological polar surface area (TPSA) is 47.6 Å². The number of methoxy groups -OCH3 is 1. The van der Waals surface area contributed by atoms with E-state index < -0.39 is 0 Å². The van der Waals surface area contributed by atoms with Gasteiger partial charge in [0.1, 0.15) is 0 Å². The lowest BCUT2D eigenvalue weighted by Gasteiger charge is -2.30. The molecule has 1 aliphatic heterocycles. The van der Waals surface area contributed by atoms with Crippen LogP contribution < -0.4 is 14.8 Å². The molecule has 1 unspecified atom stereocenters. The maximum Gasteiger partial charge on any atom is 0.223 e. The largest absolute Gasteiger partial charge is 0.493 e. The Bertz CT molecular complexity index is 857. The summed E-state index contributed by atoms with van der Waals surface area (Å²) in [5.41, 5.74) is 3.68. The third kappa shape index (κ3) is 4.75. The van der Waals surface area contributed by atoms with Crippen molar-refractivity contribution in [3.05, 3.63) is 59.2 Å². The second-order valence-corrected chi connectivity index (χ2v) is 8.50. The average Bonchev–Trinajstić information content (AvgIpc) is 3.23. The first kappa shape index (κ1) is 19.8. The van der Waals surface area contributed by atoms with Gasteiger partial charge in [-0.15, -0.1) is 0 Å². The molecule has 154 valence electrons. The highest BCUT2D eigenvalue weighted by molar-refractivity contribution is 5.80. The summed E-state index contributed by atoms with van der Waals surface area (Å²) < 4.78 is 11.8. The van der Waals surface area contributed by atoms with E-state index in [-0.39, 0.29) is 11.8 Å². The molecule has 2 fully saturated rings. The van der Waals surface area contributed by atoms with Gasteiger partial charge in [0.05, 0.1) is 13.2 Å². The van der Waals surface area contributed by atoms with Crippen LogP contribution in [0.3, 0.4) is 0 Å². The average molecular weight is 394 g/mol. The minimum absolute atomic E-state index is 0.00291. The van der Waals surface area contributed by atoms with E-state index in [2.05, 4.69) is 48.6 Å². The van der Waals surface area contributed by atoms with Crippen LogP contribution in [0.1, 0.15) is 54.7 Å². The summed E-state index contributed by atoms with van der Waals surface area (Å²) in [7, 11) is 1.69. The Morgan fingerprint density at radius 1 is 1.07 bits per heavy atom. The molecule has 2 aliphatic rings. The molecule has 1 aliphatic carbocycles. The van der Waals surface area contributed by atoms with Crippen molar-refractivity contribution < 1.29 is 14.3 Å². The van der Waals surface area contributed by atoms with Crippen LogP contribution in [0.2, 0.25) is 0 Å². The molecule has 0 bridgehead atoms. The van der Waals surface area contributed by atoms with Gasteiger partial charge in [0.2, 0.25) is 5.91 Å². The number of benzene rings is 2. The summed E-state index contributed by atoms with van der Waals surface area (Å²) in [5, 5.41) is 3.13. The molecule has 2 aromatic carbocycles. The van der Waals surface area contributed by atoms with Crippen molar-refractivity contribution in [3.8, 4) is 11.5 Å². The lowest BCUT2D eigenvalue weighted by atomic mass is 9.82. The third-order valence-electron chi connectivity index (χ3n) is 6.28. The zero-order chi connectivity index (χ0) is 20.2. The third-order valence-corrected chi connectivity index (χ3v) is 6.28. The Kier molecular flexibility index (Phi) is 6.08. The number of hydrogen-bond donors (Lipinski definition) is 1. The molecule has 4 nitrogen and oxygen atoms in total. The lowest BCUT2D eigenvalue weighted by molar-refractivity contribution is -0.126. The van der Waals surface area contributed by atoms with E-state index >= 15 is 0 Å². The van der Waals surface area contributed by atoms with Crippen molar-refractivity contribution in [2.45, 2.75) is 57.5 Å². The van der Waals surface area contributed by atoms with Crippen LogP contribution in [0.25, 0.3) is 0 Å². The minimum atomic E-state index is -0.00291. The second-order valence-electron chi connectivity index (χ2n) is 8.50. The van der Waals surface area contributed by atoms with Gasteiger partial charge in [-0.2, -0.15) is 0 Å². The van der Waals surface area contributed by atoms with Crippen molar-refractivity contribution in [1.29, 1.82) is 0 Å². The lowest BCUT2D eigenvalue weighted by Crippen LogP contribution is -2.41. The number of rotatable bonds is 6. The fraction of sp³-hybridized carbons (Fsp3) is 0.480. The molecule has 29 heavy (non-hydrogen) atoms. The fourth-order valence-electron chi connectivity index (χ4n) is 4.68. The predicted molar refractivity (Wildman–Crippen MR) is 115 cm³/mol. The zero-order valence-electron chi connectivity index (χ0n) is 17.4. The van der Waals surface area contributed by atoms with Crippen LogP contribution in [0.5, 0.6) is 11.5 Å². The Balaban J connectivity index is 1.50. The second kappa shape index (κ2) is 8.89. The van der Waals surface area contributed by atoms with Crippen molar-refractivity contribution in [2.24, 2.45) is 5.92 Å². The van der Waals surface area contributed by atoms with E-state index in [4.69, 9.17) is 9.47 Å². The number of amides is 1. The van der Waals surface area contributed by atoms with Gasteiger partial charge in [0.15, 0.2) is 11.5 Å². The number of aryl methyl sites for hydroxylation is 1. The molecular formula is C25H31NO3. The number of nitrogens with one attached hydrogen (secondary N) is 1. The predicted octanol–water partition coefficient (Wildman–Crippen LogP) is 4.79. The van der Waals surface area contributed by atoms with E-state index in [0.29, 0.717) is 18.6 Å². The number of carbonyl (C=O) groups is 1. The first-order valence-corrected chi connectivity index (χ1v) is 10.8.